The lowest BCUT2D eigenvalue weighted by Crippen LogP contribution is -2.09. The number of hydrogen-bond acceptors (Lipinski definition) is 3. The molecule has 0 heterocycles. The van der Waals surface area contributed by atoms with E-state index in [0.717, 1.165) is 6.07 Å². The Bertz CT molecular complexity index is 468. The Morgan fingerprint density at radius 2 is 2.24 bits per heavy atom. The lowest BCUT2D eigenvalue weighted by molar-refractivity contribution is -0.142. The zero-order valence-corrected chi connectivity index (χ0v) is 10.1. The van der Waals surface area contributed by atoms with E-state index in [1.807, 2.05) is 0 Å². The summed E-state index contributed by atoms with van der Waals surface area (Å²) in [4.78, 5) is 11.3. The molecule has 1 rings (SSSR count). The van der Waals surface area contributed by atoms with Gasteiger partial charge in [0.2, 0.25) is 0 Å². The molecule has 0 saturated heterocycles. The number of nitrogens with zero attached hydrogens (tertiary/aromatic N) is 1. The quantitative estimate of drug-likeness (QED) is 0.614. The second-order valence-electron chi connectivity index (χ2n) is 3.33. The van der Waals surface area contributed by atoms with E-state index in [1.165, 1.54) is 6.07 Å². The summed E-state index contributed by atoms with van der Waals surface area (Å²) in [7, 11) is 0. The molecule has 0 bridgehead atoms. The second kappa shape index (κ2) is 6.21. The van der Waals surface area contributed by atoms with Crippen LogP contribution in [0.1, 0.15) is 23.6 Å². The van der Waals surface area contributed by atoms with Crippen molar-refractivity contribution in [1.82, 2.24) is 0 Å². The Labute approximate surface area is 104 Å². The summed E-state index contributed by atoms with van der Waals surface area (Å²) in [5.41, 5.74) is 0.945. The van der Waals surface area contributed by atoms with Crippen LogP contribution in [0.5, 0.6) is 0 Å². The summed E-state index contributed by atoms with van der Waals surface area (Å²) in [5.74, 6) is -0.979. The van der Waals surface area contributed by atoms with E-state index < -0.39 is 11.8 Å². The van der Waals surface area contributed by atoms with Gasteiger partial charge in [0.25, 0.3) is 0 Å². The summed E-state index contributed by atoms with van der Waals surface area (Å²) in [5, 5.41) is 8.67. The third-order valence-electron chi connectivity index (χ3n) is 2.19. The van der Waals surface area contributed by atoms with E-state index >= 15 is 0 Å². The first kappa shape index (κ1) is 13.5. The largest absolute Gasteiger partial charge is 0.466 e. The van der Waals surface area contributed by atoms with Crippen LogP contribution < -0.4 is 0 Å². The average Bonchev–Trinajstić information content (AvgIpc) is 2.29. The minimum atomic E-state index is -0.652. The maximum Gasteiger partial charge on any atom is 0.310 e. The van der Waals surface area contributed by atoms with Gasteiger partial charge in [-0.1, -0.05) is 0 Å². The molecule has 0 aliphatic carbocycles. The van der Waals surface area contributed by atoms with E-state index in [-0.39, 0.29) is 24.5 Å². The first-order chi connectivity index (χ1) is 8.12. The van der Waals surface area contributed by atoms with Gasteiger partial charge < -0.3 is 4.74 Å². The first-order valence-corrected chi connectivity index (χ1v) is 5.58. The summed E-state index contributed by atoms with van der Waals surface area (Å²) in [6, 6.07) is 4.24. The van der Waals surface area contributed by atoms with Crippen LogP contribution in [-0.4, -0.2) is 12.6 Å². The number of carbonyl (C=O) groups excluding carboxylic acids is 1. The van der Waals surface area contributed by atoms with E-state index in [2.05, 4.69) is 0 Å². The molecule has 0 radical (unpaired) electrons. The van der Waals surface area contributed by atoms with Crippen LogP contribution in [0, 0.1) is 17.1 Å². The molecule has 90 valence electrons. The fourth-order valence-corrected chi connectivity index (χ4v) is 1.65. The molecule has 0 N–H and O–H groups in total. The van der Waals surface area contributed by atoms with Crippen LogP contribution in [0.15, 0.2) is 12.1 Å². The minimum absolute atomic E-state index is 0.0431. The molecule has 0 atom stereocenters. The molecule has 3 nitrogen and oxygen atoms in total. The van der Waals surface area contributed by atoms with Crippen LogP contribution in [-0.2, 0) is 21.8 Å². The minimum Gasteiger partial charge on any atom is -0.466 e. The number of rotatable bonds is 4. The summed E-state index contributed by atoms with van der Waals surface area (Å²) in [6.07, 6.45) is -0.0431. The van der Waals surface area contributed by atoms with Crippen LogP contribution in [0.25, 0.3) is 0 Å². The maximum absolute atomic E-state index is 13.4. The molecule has 0 spiro atoms. The monoisotopic (exact) mass is 255 g/mol. The van der Waals surface area contributed by atoms with Crippen molar-refractivity contribution in [2.75, 3.05) is 6.61 Å². The van der Waals surface area contributed by atoms with Crippen LogP contribution in [0.2, 0.25) is 0 Å². The van der Waals surface area contributed by atoms with Gasteiger partial charge in [0.05, 0.1) is 18.6 Å². The number of alkyl halides is 1. The molecule has 1 aromatic rings. The van der Waals surface area contributed by atoms with Crippen molar-refractivity contribution in [3.8, 4) is 6.07 Å². The fraction of sp³-hybridized carbons (Fsp3) is 0.333. The highest BCUT2D eigenvalue weighted by atomic mass is 35.5. The number of hydrogen-bond donors (Lipinski definition) is 0. The van der Waals surface area contributed by atoms with Crippen LogP contribution in [0.4, 0.5) is 4.39 Å². The van der Waals surface area contributed by atoms with Gasteiger partial charge in [-0.3, -0.25) is 4.79 Å². The molecule has 0 aromatic heterocycles. The average molecular weight is 256 g/mol. The first-order valence-electron chi connectivity index (χ1n) is 5.05. The second-order valence-corrected chi connectivity index (χ2v) is 3.60. The number of carbonyl (C=O) groups is 1. The molecule has 5 heteroatoms. The Morgan fingerprint density at radius 3 is 2.76 bits per heavy atom. The molecule has 17 heavy (non-hydrogen) atoms. The number of nitriles is 1. The van der Waals surface area contributed by atoms with Crippen LogP contribution >= 0.6 is 11.6 Å². The fourth-order valence-electron chi connectivity index (χ4n) is 1.40. The van der Waals surface area contributed by atoms with Crippen molar-refractivity contribution >= 4 is 17.6 Å². The standard InChI is InChI=1S/C12H11ClFNO2/c1-2-17-12(16)5-8-4-11(14)10(7-15)3-9(8)6-13/h3-4H,2,5-6H2,1H3. The molecular formula is C12H11ClFNO2. The lowest BCUT2D eigenvalue weighted by Gasteiger charge is -2.08. The Hall–Kier alpha value is -1.60. The van der Waals surface area contributed by atoms with Gasteiger partial charge in [-0.2, -0.15) is 5.26 Å². The Balaban J connectivity index is 3.03. The summed E-state index contributed by atoms with van der Waals surface area (Å²) >= 11 is 5.69. The molecule has 0 amide bonds. The maximum atomic E-state index is 13.4. The normalized spacial score (nSPS) is 9.76. The summed E-state index contributed by atoms with van der Waals surface area (Å²) < 4.78 is 18.2. The van der Waals surface area contributed by atoms with E-state index in [1.54, 1.807) is 13.0 Å². The molecule has 0 fully saturated rings. The van der Waals surface area contributed by atoms with Crippen molar-refractivity contribution in [1.29, 1.82) is 5.26 Å². The van der Waals surface area contributed by atoms with Gasteiger partial charge in [0.15, 0.2) is 0 Å². The van der Waals surface area contributed by atoms with Gasteiger partial charge in [-0.15, -0.1) is 11.6 Å². The zero-order chi connectivity index (χ0) is 12.8. The molecule has 0 saturated carbocycles. The van der Waals surface area contributed by atoms with Crippen LogP contribution in [0.3, 0.4) is 0 Å². The molecule has 0 aliphatic rings. The van der Waals surface area contributed by atoms with Gasteiger partial charge >= 0.3 is 5.97 Å². The third-order valence-corrected chi connectivity index (χ3v) is 2.48. The topological polar surface area (TPSA) is 50.1 Å². The van der Waals surface area contributed by atoms with Crippen molar-refractivity contribution in [2.45, 2.75) is 19.2 Å². The van der Waals surface area contributed by atoms with Crippen molar-refractivity contribution in [2.24, 2.45) is 0 Å². The third kappa shape index (κ3) is 3.43. The SMILES string of the molecule is CCOC(=O)Cc1cc(F)c(C#N)cc1CCl. The van der Waals surface area contributed by atoms with Crippen molar-refractivity contribution < 1.29 is 13.9 Å². The zero-order valence-electron chi connectivity index (χ0n) is 9.30. The number of ether oxygens (including phenoxy) is 1. The molecule has 1 aromatic carbocycles. The van der Waals surface area contributed by atoms with Gasteiger partial charge in [0, 0.05) is 5.88 Å². The van der Waals surface area contributed by atoms with Gasteiger partial charge in [-0.25, -0.2) is 4.39 Å². The highest BCUT2D eigenvalue weighted by Crippen LogP contribution is 2.18. The van der Waals surface area contributed by atoms with E-state index in [4.69, 9.17) is 21.6 Å². The Kier molecular flexibility index (Phi) is 4.92. The highest BCUT2D eigenvalue weighted by molar-refractivity contribution is 6.17. The predicted molar refractivity (Wildman–Crippen MR) is 61.0 cm³/mol. The van der Waals surface area contributed by atoms with Gasteiger partial charge in [0.1, 0.15) is 11.9 Å². The van der Waals surface area contributed by atoms with Crippen molar-refractivity contribution in [3.63, 3.8) is 0 Å². The Morgan fingerprint density at radius 1 is 1.53 bits per heavy atom. The predicted octanol–water partition coefficient (Wildman–Crippen LogP) is 2.54. The molecule has 0 aliphatic heterocycles. The number of esters is 1. The highest BCUT2D eigenvalue weighted by Gasteiger charge is 2.12. The van der Waals surface area contributed by atoms with Crippen molar-refractivity contribution in [3.05, 3.63) is 34.6 Å². The van der Waals surface area contributed by atoms with Gasteiger partial charge in [-0.05, 0) is 30.2 Å². The molecular weight excluding hydrogens is 245 g/mol. The smallest absolute Gasteiger partial charge is 0.310 e. The van der Waals surface area contributed by atoms with E-state index in [0.29, 0.717) is 11.1 Å². The summed E-state index contributed by atoms with van der Waals surface area (Å²) in [6.45, 7) is 1.97. The van der Waals surface area contributed by atoms with E-state index in [9.17, 15) is 9.18 Å². The molecule has 0 unspecified atom stereocenters. The number of benzene rings is 1. The number of halogens is 2. The lowest BCUT2D eigenvalue weighted by atomic mass is 10.0.